The average molecular weight is 313 g/mol. The Balaban J connectivity index is 2.07. The van der Waals surface area contributed by atoms with Crippen LogP contribution in [0.4, 0.5) is 0 Å². The van der Waals surface area contributed by atoms with Crippen LogP contribution >= 0.6 is 0 Å². The van der Waals surface area contributed by atoms with Gasteiger partial charge in [0.25, 0.3) is 0 Å². The van der Waals surface area contributed by atoms with Gasteiger partial charge in [-0.2, -0.15) is 0 Å². The fourth-order valence-corrected chi connectivity index (χ4v) is 2.76. The first-order chi connectivity index (χ1) is 11.5. The highest BCUT2D eigenvalue weighted by Gasteiger charge is 2.14. The standard InChI is InChI=1S/C23H23N/c1-5-17-11-12-19(18-9-7-6-8-10-18)15-21(17)22-14-13-20(16-24-22)23(2,3)4/h5-16H,1H2,2-4H3. The van der Waals surface area contributed by atoms with Gasteiger partial charge in [-0.3, -0.25) is 4.98 Å². The van der Waals surface area contributed by atoms with Crippen LogP contribution in [0.15, 0.2) is 73.4 Å². The van der Waals surface area contributed by atoms with Crippen molar-refractivity contribution in [2.45, 2.75) is 26.2 Å². The van der Waals surface area contributed by atoms with E-state index in [0.717, 1.165) is 16.8 Å². The van der Waals surface area contributed by atoms with Gasteiger partial charge in [0.1, 0.15) is 0 Å². The van der Waals surface area contributed by atoms with Crippen molar-refractivity contribution in [3.63, 3.8) is 0 Å². The number of rotatable bonds is 3. The molecule has 3 rings (SSSR count). The Morgan fingerprint density at radius 3 is 2.21 bits per heavy atom. The third-order valence-corrected chi connectivity index (χ3v) is 4.29. The summed E-state index contributed by atoms with van der Waals surface area (Å²) in [5, 5.41) is 0. The van der Waals surface area contributed by atoms with E-state index in [1.807, 2.05) is 18.3 Å². The first-order valence-corrected chi connectivity index (χ1v) is 8.28. The van der Waals surface area contributed by atoms with Gasteiger partial charge in [-0.15, -0.1) is 0 Å². The fraction of sp³-hybridized carbons (Fsp3) is 0.174. The Hall–Kier alpha value is -2.67. The van der Waals surface area contributed by atoms with Gasteiger partial charge in [0.15, 0.2) is 0 Å². The minimum atomic E-state index is 0.110. The summed E-state index contributed by atoms with van der Waals surface area (Å²) in [6.07, 6.45) is 3.88. The SMILES string of the molecule is C=Cc1ccc(-c2ccccc2)cc1-c1ccc(C(C)(C)C)cn1. The van der Waals surface area contributed by atoms with E-state index >= 15 is 0 Å². The van der Waals surface area contributed by atoms with Crippen molar-refractivity contribution >= 4 is 6.08 Å². The Labute approximate surface area is 144 Å². The minimum absolute atomic E-state index is 0.110. The quantitative estimate of drug-likeness (QED) is 0.548. The molecule has 0 saturated heterocycles. The molecule has 24 heavy (non-hydrogen) atoms. The van der Waals surface area contributed by atoms with Crippen molar-refractivity contribution < 1.29 is 0 Å². The van der Waals surface area contributed by atoms with Crippen LogP contribution in [0.1, 0.15) is 31.9 Å². The van der Waals surface area contributed by atoms with Gasteiger partial charge in [-0.25, -0.2) is 0 Å². The van der Waals surface area contributed by atoms with Crippen molar-refractivity contribution in [2.75, 3.05) is 0 Å². The molecule has 1 nitrogen and oxygen atoms in total. The lowest BCUT2D eigenvalue weighted by Crippen LogP contribution is -2.11. The topological polar surface area (TPSA) is 12.9 Å². The molecule has 1 heteroatoms. The Morgan fingerprint density at radius 1 is 0.875 bits per heavy atom. The predicted molar refractivity (Wildman–Crippen MR) is 104 cm³/mol. The van der Waals surface area contributed by atoms with Crippen molar-refractivity contribution in [3.8, 4) is 22.4 Å². The molecule has 0 radical (unpaired) electrons. The maximum Gasteiger partial charge on any atom is 0.0708 e. The van der Waals surface area contributed by atoms with Crippen molar-refractivity contribution in [1.82, 2.24) is 4.98 Å². The summed E-state index contributed by atoms with van der Waals surface area (Å²) in [6, 6.07) is 21.2. The molecule has 120 valence electrons. The van der Waals surface area contributed by atoms with Gasteiger partial charge in [0, 0.05) is 11.8 Å². The Kier molecular flexibility index (Phi) is 4.35. The van der Waals surface area contributed by atoms with E-state index in [-0.39, 0.29) is 5.41 Å². The second-order valence-corrected chi connectivity index (χ2v) is 7.05. The Morgan fingerprint density at radius 2 is 1.62 bits per heavy atom. The number of benzene rings is 2. The van der Waals surface area contributed by atoms with Crippen molar-refractivity contribution in [1.29, 1.82) is 0 Å². The summed E-state index contributed by atoms with van der Waals surface area (Å²) in [7, 11) is 0. The van der Waals surface area contributed by atoms with Gasteiger partial charge in [0.05, 0.1) is 5.69 Å². The zero-order valence-electron chi connectivity index (χ0n) is 14.6. The fourth-order valence-electron chi connectivity index (χ4n) is 2.76. The highest BCUT2D eigenvalue weighted by atomic mass is 14.7. The number of hydrogen-bond acceptors (Lipinski definition) is 1. The highest BCUT2D eigenvalue weighted by Crippen LogP contribution is 2.30. The van der Waals surface area contributed by atoms with E-state index in [2.05, 4.69) is 81.9 Å². The second-order valence-electron chi connectivity index (χ2n) is 7.05. The van der Waals surface area contributed by atoms with Crippen LogP contribution in [0.3, 0.4) is 0 Å². The third-order valence-electron chi connectivity index (χ3n) is 4.29. The summed E-state index contributed by atoms with van der Waals surface area (Å²) < 4.78 is 0. The largest absolute Gasteiger partial charge is 0.256 e. The Bertz CT molecular complexity index is 837. The van der Waals surface area contributed by atoms with E-state index < -0.39 is 0 Å². The third kappa shape index (κ3) is 3.30. The van der Waals surface area contributed by atoms with E-state index in [0.29, 0.717) is 0 Å². The number of pyridine rings is 1. The number of aromatic nitrogens is 1. The lowest BCUT2D eigenvalue weighted by Gasteiger charge is -2.19. The molecule has 0 aliphatic rings. The summed E-state index contributed by atoms with van der Waals surface area (Å²) in [4.78, 5) is 4.71. The van der Waals surface area contributed by atoms with Crippen molar-refractivity contribution in [3.05, 3.63) is 84.6 Å². The zero-order valence-corrected chi connectivity index (χ0v) is 14.6. The molecule has 0 fully saturated rings. The molecule has 0 spiro atoms. The molecule has 0 aliphatic carbocycles. The van der Waals surface area contributed by atoms with Gasteiger partial charge in [-0.05, 0) is 39.8 Å². The van der Waals surface area contributed by atoms with E-state index in [1.165, 1.54) is 16.7 Å². The van der Waals surface area contributed by atoms with Crippen LogP contribution in [0.5, 0.6) is 0 Å². The lowest BCUT2D eigenvalue weighted by atomic mass is 9.88. The highest BCUT2D eigenvalue weighted by molar-refractivity contribution is 5.78. The molecule has 2 aromatic carbocycles. The van der Waals surface area contributed by atoms with E-state index in [9.17, 15) is 0 Å². The van der Waals surface area contributed by atoms with Crippen LogP contribution in [0.25, 0.3) is 28.5 Å². The number of hydrogen-bond donors (Lipinski definition) is 0. The molecular weight excluding hydrogens is 290 g/mol. The van der Waals surface area contributed by atoms with Crippen molar-refractivity contribution in [2.24, 2.45) is 0 Å². The lowest BCUT2D eigenvalue weighted by molar-refractivity contribution is 0.587. The van der Waals surface area contributed by atoms with Gasteiger partial charge >= 0.3 is 0 Å². The second kappa shape index (κ2) is 6.45. The summed E-state index contributed by atoms with van der Waals surface area (Å²) >= 11 is 0. The minimum Gasteiger partial charge on any atom is -0.256 e. The normalized spacial score (nSPS) is 11.3. The van der Waals surface area contributed by atoms with Crippen LogP contribution in [0.2, 0.25) is 0 Å². The smallest absolute Gasteiger partial charge is 0.0708 e. The van der Waals surface area contributed by atoms with Gasteiger partial charge < -0.3 is 0 Å². The predicted octanol–water partition coefficient (Wildman–Crippen LogP) is 6.36. The maximum absolute atomic E-state index is 4.71. The van der Waals surface area contributed by atoms with Crippen LogP contribution < -0.4 is 0 Å². The molecule has 0 unspecified atom stereocenters. The van der Waals surface area contributed by atoms with Crippen LogP contribution in [-0.2, 0) is 5.41 Å². The molecule has 1 aromatic heterocycles. The van der Waals surface area contributed by atoms with E-state index in [1.54, 1.807) is 0 Å². The molecule has 0 bridgehead atoms. The molecule has 0 amide bonds. The van der Waals surface area contributed by atoms with E-state index in [4.69, 9.17) is 4.98 Å². The monoisotopic (exact) mass is 313 g/mol. The zero-order chi connectivity index (χ0) is 17.2. The van der Waals surface area contributed by atoms with Gasteiger partial charge in [-0.1, -0.05) is 82.0 Å². The summed E-state index contributed by atoms with van der Waals surface area (Å²) in [5.41, 5.74) is 6.95. The molecule has 0 atom stereocenters. The average Bonchev–Trinajstić information content (AvgIpc) is 2.61. The summed E-state index contributed by atoms with van der Waals surface area (Å²) in [6.45, 7) is 10.6. The molecule has 0 N–H and O–H groups in total. The summed E-state index contributed by atoms with van der Waals surface area (Å²) in [5.74, 6) is 0. The molecule has 0 aliphatic heterocycles. The number of nitrogens with zero attached hydrogens (tertiary/aromatic N) is 1. The molecular formula is C23H23N. The first-order valence-electron chi connectivity index (χ1n) is 8.28. The maximum atomic E-state index is 4.71. The first kappa shape index (κ1) is 16.2. The molecule has 1 heterocycles. The van der Waals surface area contributed by atoms with Crippen LogP contribution in [0, 0.1) is 0 Å². The molecule has 3 aromatic rings. The van der Waals surface area contributed by atoms with Gasteiger partial charge in [0.2, 0.25) is 0 Å². The van der Waals surface area contributed by atoms with Crippen LogP contribution in [-0.4, -0.2) is 4.98 Å². The molecule has 0 saturated carbocycles.